The van der Waals surface area contributed by atoms with Crippen LogP contribution in [0.1, 0.15) is 5.69 Å². The highest BCUT2D eigenvalue weighted by molar-refractivity contribution is 6.12. The van der Waals surface area contributed by atoms with Crippen LogP contribution in [-0.4, -0.2) is 29.4 Å². The fraction of sp³-hybridized carbons (Fsp3) is 0.158. The molecule has 0 atom stereocenters. The number of aromatic amines is 1. The van der Waals surface area contributed by atoms with Gasteiger partial charge in [0.2, 0.25) is 0 Å². The summed E-state index contributed by atoms with van der Waals surface area (Å²) in [5, 5.41) is 9.50. The van der Waals surface area contributed by atoms with Crippen LogP contribution in [0.3, 0.4) is 0 Å². The molecular weight excluding hydrogens is 340 g/mol. The van der Waals surface area contributed by atoms with Gasteiger partial charge >= 0.3 is 0 Å². The van der Waals surface area contributed by atoms with Crippen LogP contribution in [0.25, 0.3) is 33.1 Å². The molecule has 0 bridgehead atoms. The average Bonchev–Trinajstić information content (AvgIpc) is 3.03. The molecule has 5 nitrogen and oxygen atoms in total. The van der Waals surface area contributed by atoms with Gasteiger partial charge in [-0.05, 0) is 37.3 Å². The molecule has 1 N–H and O–H groups in total. The molecule has 0 spiro atoms. The third-order valence-corrected chi connectivity index (χ3v) is 4.39. The molecule has 7 heteroatoms. The molecule has 2 aromatic carbocycles. The Morgan fingerprint density at radius 2 is 1.62 bits per heavy atom. The van der Waals surface area contributed by atoms with Gasteiger partial charge in [0.15, 0.2) is 28.8 Å². The van der Waals surface area contributed by atoms with Crippen molar-refractivity contribution in [1.29, 1.82) is 0 Å². The molecule has 0 unspecified atom stereocenters. The van der Waals surface area contributed by atoms with Gasteiger partial charge in [0, 0.05) is 21.7 Å². The van der Waals surface area contributed by atoms with E-state index in [1.807, 2.05) is 13.0 Å². The molecule has 2 heterocycles. The quantitative estimate of drug-likeness (QED) is 0.592. The average molecular weight is 355 g/mol. The maximum Gasteiger partial charge on any atom is 0.161 e. The van der Waals surface area contributed by atoms with Crippen molar-refractivity contribution in [3.05, 3.63) is 47.7 Å². The molecule has 0 amide bonds. The number of fused-ring (bicyclic) bond motifs is 3. The molecule has 0 fully saturated rings. The highest BCUT2D eigenvalue weighted by Crippen LogP contribution is 2.40. The zero-order valence-electron chi connectivity index (χ0n) is 14.4. The summed E-state index contributed by atoms with van der Waals surface area (Å²) in [5.41, 5.74) is 2.29. The Morgan fingerprint density at radius 1 is 0.923 bits per heavy atom. The number of rotatable bonds is 3. The van der Waals surface area contributed by atoms with E-state index in [1.165, 1.54) is 13.2 Å². The molecule has 132 valence electrons. The van der Waals surface area contributed by atoms with Gasteiger partial charge in [-0.3, -0.25) is 5.10 Å². The molecule has 0 aliphatic carbocycles. The van der Waals surface area contributed by atoms with Gasteiger partial charge in [-0.25, -0.2) is 13.8 Å². The van der Waals surface area contributed by atoms with Crippen molar-refractivity contribution in [1.82, 2.24) is 15.2 Å². The Labute approximate surface area is 147 Å². The second kappa shape index (κ2) is 5.94. The van der Waals surface area contributed by atoms with Crippen molar-refractivity contribution in [3.8, 4) is 22.8 Å². The van der Waals surface area contributed by atoms with E-state index in [4.69, 9.17) is 9.47 Å². The molecule has 0 aliphatic rings. The Bertz CT molecular complexity index is 1150. The SMILES string of the molecule is COc1cc2c(-c3ccc(F)c(F)c3)nc3[nH]nc(C)c3c2cc1OC. The summed E-state index contributed by atoms with van der Waals surface area (Å²) in [6.45, 7) is 1.87. The largest absolute Gasteiger partial charge is 0.493 e. The third-order valence-electron chi connectivity index (χ3n) is 4.39. The zero-order chi connectivity index (χ0) is 18.4. The van der Waals surface area contributed by atoms with Gasteiger partial charge in [0.25, 0.3) is 0 Å². The van der Waals surface area contributed by atoms with Gasteiger partial charge in [-0.15, -0.1) is 0 Å². The van der Waals surface area contributed by atoms with Gasteiger partial charge in [-0.2, -0.15) is 5.10 Å². The molecule has 0 radical (unpaired) electrons. The van der Waals surface area contributed by atoms with Gasteiger partial charge in [-0.1, -0.05) is 0 Å². The third kappa shape index (κ3) is 2.35. The molecule has 4 rings (SSSR count). The van der Waals surface area contributed by atoms with E-state index < -0.39 is 11.6 Å². The van der Waals surface area contributed by atoms with Crippen molar-refractivity contribution in [2.24, 2.45) is 0 Å². The van der Waals surface area contributed by atoms with E-state index in [9.17, 15) is 8.78 Å². The van der Waals surface area contributed by atoms with Crippen LogP contribution in [0.2, 0.25) is 0 Å². The summed E-state index contributed by atoms with van der Waals surface area (Å²) in [6.07, 6.45) is 0. The summed E-state index contributed by atoms with van der Waals surface area (Å²) < 4.78 is 37.9. The molecule has 4 aromatic rings. The van der Waals surface area contributed by atoms with Crippen LogP contribution in [0, 0.1) is 18.6 Å². The number of aryl methyl sites for hydroxylation is 1. The van der Waals surface area contributed by atoms with E-state index in [0.717, 1.165) is 34.0 Å². The topological polar surface area (TPSA) is 60.0 Å². The maximum atomic E-state index is 13.8. The lowest BCUT2D eigenvalue weighted by atomic mass is 10.00. The second-order valence-corrected chi connectivity index (χ2v) is 5.87. The number of methoxy groups -OCH3 is 2. The van der Waals surface area contributed by atoms with E-state index >= 15 is 0 Å². The molecular formula is C19H15F2N3O2. The lowest BCUT2D eigenvalue weighted by Crippen LogP contribution is -1.95. The first-order valence-electron chi connectivity index (χ1n) is 7.89. The first-order chi connectivity index (χ1) is 12.5. The summed E-state index contributed by atoms with van der Waals surface area (Å²) in [4.78, 5) is 4.59. The highest BCUT2D eigenvalue weighted by atomic mass is 19.2. The molecule has 0 aliphatic heterocycles. The number of benzene rings is 2. The Morgan fingerprint density at radius 3 is 2.27 bits per heavy atom. The number of nitrogens with one attached hydrogen (secondary N) is 1. The highest BCUT2D eigenvalue weighted by Gasteiger charge is 2.18. The Balaban J connectivity index is 2.15. The fourth-order valence-corrected chi connectivity index (χ4v) is 3.14. The van der Waals surface area contributed by atoms with E-state index in [0.29, 0.717) is 28.4 Å². The summed E-state index contributed by atoms with van der Waals surface area (Å²) in [6, 6.07) is 7.32. The standard InChI is InChI=1S/C19H15F2N3O2/c1-9-17-11-7-15(25-2)16(26-3)8-12(11)18(22-19(17)24-23-9)10-4-5-13(20)14(21)6-10/h4-8H,1-3H3,(H,22,23,24). The lowest BCUT2D eigenvalue weighted by Gasteiger charge is -2.13. The van der Waals surface area contributed by atoms with Crippen LogP contribution in [-0.2, 0) is 0 Å². The van der Waals surface area contributed by atoms with E-state index in [2.05, 4.69) is 15.2 Å². The maximum absolute atomic E-state index is 13.8. The van der Waals surface area contributed by atoms with Crippen molar-refractivity contribution in [3.63, 3.8) is 0 Å². The van der Waals surface area contributed by atoms with Crippen LogP contribution in [0.5, 0.6) is 11.5 Å². The zero-order valence-corrected chi connectivity index (χ0v) is 14.4. The number of ether oxygens (including phenoxy) is 2. The monoisotopic (exact) mass is 355 g/mol. The predicted molar refractivity (Wildman–Crippen MR) is 94.6 cm³/mol. The predicted octanol–water partition coefficient (Wildman–Crippen LogP) is 4.38. The fourth-order valence-electron chi connectivity index (χ4n) is 3.14. The van der Waals surface area contributed by atoms with Crippen LogP contribution in [0.15, 0.2) is 30.3 Å². The van der Waals surface area contributed by atoms with Gasteiger partial charge in [0.1, 0.15) is 0 Å². The van der Waals surface area contributed by atoms with Gasteiger partial charge < -0.3 is 9.47 Å². The van der Waals surface area contributed by atoms with Crippen LogP contribution >= 0.6 is 0 Å². The van der Waals surface area contributed by atoms with Crippen molar-refractivity contribution in [2.75, 3.05) is 14.2 Å². The summed E-state index contributed by atoms with van der Waals surface area (Å²) in [5.74, 6) is -0.759. The first-order valence-corrected chi connectivity index (χ1v) is 7.89. The van der Waals surface area contributed by atoms with Crippen molar-refractivity contribution in [2.45, 2.75) is 6.92 Å². The normalized spacial score (nSPS) is 11.3. The lowest BCUT2D eigenvalue weighted by molar-refractivity contribution is 0.356. The minimum atomic E-state index is -0.932. The smallest absolute Gasteiger partial charge is 0.161 e. The molecule has 0 saturated carbocycles. The number of hydrogen-bond acceptors (Lipinski definition) is 4. The van der Waals surface area contributed by atoms with E-state index in [1.54, 1.807) is 13.2 Å². The number of nitrogens with zero attached hydrogens (tertiary/aromatic N) is 2. The van der Waals surface area contributed by atoms with E-state index in [-0.39, 0.29) is 0 Å². The summed E-state index contributed by atoms with van der Waals surface area (Å²) >= 11 is 0. The summed E-state index contributed by atoms with van der Waals surface area (Å²) in [7, 11) is 3.09. The number of pyridine rings is 1. The number of halogens is 2. The second-order valence-electron chi connectivity index (χ2n) is 5.87. The molecule has 26 heavy (non-hydrogen) atoms. The number of hydrogen-bond donors (Lipinski definition) is 1. The number of H-pyrrole nitrogens is 1. The first kappa shape index (κ1) is 16.3. The van der Waals surface area contributed by atoms with Crippen molar-refractivity contribution >= 4 is 21.8 Å². The van der Waals surface area contributed by atoms with Crippen LogP contribution in [0.4, 0.5) is 8.78 Å². The molecule has 2 aromatic heterocycles. The Kier molecular flexibility index (Phi) is 3.72. The minimum Gasteiger partial charge on any atom is -0.493 e. The van der Waals surface area contributed by atoms with Gasteiger partial charge in [0.05, 0.1) is 25.6 Å². The van der Waals surface area contributed by atoms with Crippen LogP contribution < -0.4 is 9.47 Å². The minimum absolute atomic E-state index is 0.454. The number of aromatic nitrogens is 3. The Hall–Kier alpha value is -3.22. The molecule has 0 saturated heterocycles. The van der Waals surface area contributed by atoms with Crippen molar-refractivity contribution < 1.29 is 18.3 Å².